The average Bonchev–Trinajstić information content (AvgIpc) is 3.25. The topological polar surface area (TPSA) is 266 Å². The van der Waals surface area contributed by atoms with E-state index in [1.54, 1.807) is 12.1 Å². The quantitative estimate of drug-likeness (QED) is 0.0181. The van der Waals surface area contributed by atoms with E-state index in [-0.39, 0.29) is 80.6 Å². The molecule has 6 rings (SSSR count). The number of anilines is 4. The molecular formula is C47H57N9O8. The molecule has 4 aromatic carbocycles. The van der Waals surface area contributed by atoms with Crippen molar-refractivity contribution in [2.75, 3.05) is 95.3 Å². The smallest absolute Gasteiger partial charge is 0.200 e. The number of nitrogens with zero attached hydrogens (tertiary/aromatic N) is 3. The lowest BCUT2D eigenvalue weighted by atomic mass is 9.81. The van der Waals surface area contributed by atoms with Crippen molar-refractivity contribution in [2.45, 2.75) is 38.5 Å². The fourth-order valence-corrected chi connectivity index (χ4v) is 7.91. The maximum absolute atomic E-state index is 13.8. The minimum Gasteiger partial charge on any atom is -0.507 e. The number of likely N-dealkylation sites (N-methyl/N-ethyl adjacent to an activating group) is 2. The van der Waals surface area contributed by atoms with Crippen molar-refractivity contribution >= 4 is 57.4 Å². The molecule has 0 aromatic heterocycles. The van der Waals surface area contributed by atoms with Crippen molar-refractivity contribution in [1.82, 2.24) is 9.80 Å². The predicted octanol–water partition coefficient (Wildman–Crippen LogP) is 5.25. The number of nitrogens with two attached hydrogens (primary N) is 1. The van der Waals surface area contributed by atoms with E-state index in [0.29, 0.717) is 106 Å². The summed E-state index contributed by atoms with van der Waals surface area (Å²) in [5, 5.41) is 64.0. The first kappa shape index (κ1) is 46.5. The Bertz CT molecular complexity index is 2520. The minimum absolute atomic E-state index is 0.000335. The first-order chi connectivity index (χ1) is 30.6. The van der Waals surface area contributed by atoms with Crippen LogP contribution in [0.4, 0.5) is 22.7 Å². The monoisotopic (exact) mass is 875 g/mol. The number of ketones is 4. The van der Waals surface area contributed by atoms with E-state index >= 15 is 0 Å². The summed E-state index contributed by atoms with van der Waals surface area (Å²) in [7, 11) is 7.64. The van der Waals surface area contributed by atoms with Gasteiger partial charge in [-0.3, -0.25) is 24.2 Å². The Balaban J connectivity index is 0.954. The van der Waals surface area contributed by atoms with Gasteiger partial charge in [-0.15, -0.1) is 0 Å². The molecule has 0 unspecified atom stereocenters. The molecule has 11 N–H and O–H groups in total. The van der Waals surface area contributed by atoms with Gasteiger partial charge in [0.25, 0.3) is 0 Å². The van der Waals surface area contributed by atoms with Crippen LogP contribution < -0.4 is 27.0 Å². The molecule has 64 heavy (non-hydrogen) atoms. The summed E-state index contributed by atoms with van der Waals surface area (Å²) in [5.74, 6) is -3.16. The number of aromatic hydroxyl groups is 4. The van der Waals surface area contributed by atoms with Crippen LogP contribution in [0.2, 0.25) is 0 Å². The number of rotatable bonds is 22. The van der Waals surface area contributed by atoms with Crippen LogP contribution in [-0.2, 0) is 0 Å². The number of carbonyl (C=O) groups excluding carboxylic acids is 4. The van der Waals surface area contributed by atoms with Crippen LogP contribution in [-0.4, -0.2) is 139 Å². The number of amidine groups is 1. The molecule has 17 heteroatoms. The summed E-state index contributed by atoms with van der Waals surface area (Å²) < 4.78 is 0. The van der Waals surface area contributed by atoms with Crippen LogP contribution in [0.25, 0.3) is 0 Å². The number of carbonyl (C=O) groups is 4. The van der Waals surface area contributed by atoms with Gasteiger partial charge < -0.3 is 62.6 Å². The molecular weight excluding hydrogens is 819 g/mol. The van der Waals surface area contributed by atoms with Crippen molar-refractivity contribution in [2.24, 2.45) is 10.7 Å². The normalized spacial score (nSPS) is 13.1. The molecule has 4 aromatic rings. The molecule has 2 aliphatic rings. The molecule has 0 aliphatic heterocycles. The van der Waals surface area contributed by atoms with Crippen molar-refractivity contribution in [1.29, 1.82) is 5.41 Å². The van der Waals surface area contributed by atoms with Gasteiger partial charge in [-0.1, -0.05) is 0 Å². The zero-order chi connectivity index (χ0) is 46.2. The summed E-state index contributed by atoms with van der Waals surface area (Å²) in [4.78, 5) is 63.5. The molecule has 0 bridgehead atoms. The van der Waals surface area contributed by atoms with Gasteiger partial charge >= 0.3 is 0 Å². The van der Waals surface area contributed by atoms with Crippen molar-refractivity contribution < 1.29 is 39.6 Å². The third kappa shape index (κ3) is 10.1. The summed E-state index contributed by atoms with van der Waals surface area (Å²) in [5.41, 5.74) is 7.74. The second kappa shape index (κ2) is 20.5. The fourth-order valence-electron chi connectivity index (χ4n) is 7.91. The number of unbranched alkanes of at least 4 members (excludes halogenated alkanes) is 1. The second-order valence-electron chi connectivity index (χ2n) is 16.4. The lowest BCUT2D eigenvalue weighted by Crippen LogP contribution is -2.26. The third-order valence-corrected chi connectivity index (χ3v) is 11.2. The number of fused-ring (bicyclic) bond motifs is 4. The molecule has 0 saturated carbocycles. The standard InChI is InChI=1S/C47H57N9O8/c1-55(2)24-22-52-29-13-17-33(59)42-38(29)46(63)40-31(57)15-11-27(36(40)44(42)61)50-19-7-9-26(48)8-5-6-10-35(49)54-21-20-51-28-12-16-32(58)41-37(28)45(62)43-34(60)18-14-30(39(43)47(41)64)53-23-25-56(3)4/h11-18,48,50-53,57-60H,5-10,19-25H2,1-4H3,(H2,49,54). The number of phenols is 4. The molecule has 17 nitrogen and oxygen atoms in total. The molecule has 0 atom stereocenters. The van der Waals surface area contributed by atoms with Crippen molar-refractivity contribution in [3.05, 3.63) is 93.0 Å². The fraction of sp³-hybridized carbons (Fsp3) is 0.362. The van der Waals surface area contributed by atoms with E-state index in [9.17, 15) is 39.6 Å². The van der Waals surface area contributed by atoms with Gasteiger partial charge in [0.05, 0.1) is 56.9 Å². The van der Waals surface area contributed by atoms with Crippen LogP contribution >= 0.6 is 0 Å². The Labute approximate surface area is 371 Å². The number of phenolic OH excluding ortho intramolecular Hbond substituents is 4. The van der Waals surface area contributed by atoms with Crippen LogP contribution in [0.3, 0.4) is 0 Å². The molecule has 0 amide bonds. The average molecular weight is 876 g/mol. The first-order valence-corrected chi connectivity index (χ1v) is 21.3. The maximum Gasteiger partial charge on any atom is 0.200 e. The summed E-state index contributed by atoms with van der Waals surface area (Å²) in [6.45, 7) is 3.24. The number of hydrogen-bond donors (Lipinski definition) is 10. The van der Waals surface area contributed by atoms with Crippen molar-refractivity contribution in [3.8, 4) is 23.0 Å². The van der Waals surface area contributed by atoms with Crippen LogP contribution in [0.5, 0.6) is 23.0 Å². The molecule has 0 heterocycles. The van der Waals surface area contributed by atoms with E-state index < -0.39 is 23.1 Å². The van der Waals surface area contributed by atoms with E-state index in [2.05, 4.69) is 26.3 Å². The van der Waals surface area contributed by atoms with E-state index in [1.807, 2.05) is 38.0 Å². The Kier molecular flexibility index (Phi) is 14.9. The highest BCUT2D eigenvalue weighted by Crippen LogP contribution is 2.44. The van der Waals surface area contributed by atoms with E-state index in [1.165, 1.54) is 36.4 Å². The molecule has 338 valence electrons. The van der Waals surface area contributed by atoms with Gasteiger partial charge in [0.2, 0.25) is 23.1 Å². The Morgan fingerprint density at radius 1 is 0.500 bits per heavy atom. The lowest BCUT2D eigenvalue weighted by molar-refractivity contribution is 0.0975. The highest BCUT2D eigenvalue weighted by molar-refractivity contribution is 6.34. The summed E-state index contributed by atoms with van der Waals surface area (Å²) in [6, 6.07) is 11.6. The maximum atomic E-state index is 13.8. The number of aliphatic imine (C=N–C) groups is 1. The SMILES string of the molecule is CN(C)CCNc1ccc(O)c2c1C(=O)c1c(O)ccc(NCCCC(=N)CCCCC(N)=NCCNc3ccc(O)c4c3C(=O)c3c(O)ccc(NCCN(C)C)c3C4=O)c1C2=O. The number of benzene rings is 4. The molecule has 0 radical (unpaired) electrons. The van der Waals surface area contributed by atoms with Crippen LogP contribution in [0.15, 0.2) is 53.5 Å². The summed E-state index contributed by atoms with van der Waals surface area (Å²) in [6.07, 6.45) is 3.56. The van der Waals surface area contributed by atoms with E-state index in [0.717, 1.165) is 0 Å². The van der Waals surface area contributed by atoms with Gasteiger partial charge in [0.1, 0.15) is 23.0 Å². The molecule has 0 saturated heterocycles. The zero-order valence-electron chi connectivity index (χ0n) is 36.7. The molecule has 0 spiro atoms. The van der Waals surface area contributed by atoms with Gasteiger partial charge in [0, 0.05) is 74.2 Å². The Morgan fingerprint density at radius 3 is 1.20 bits per heavy atom. The lowest BCUT2D eigenvalue weighted by Gasteiger charge is -2.24. The second-order valence-corrected chi connectivity index (χ2v) is 16.4. The number of hydrogen-bond acceptors (Lipinski definition) is 16. The molecule has 2 aliphatic carbocycles. The highest BCUT2D eigenvalue weighted by atomic mass is 16.3. The Morgan fingerprint density at radius 2 is 0.828 bits per heavy atom. The summed E-state index contributed by atoms with van der Waals surface area (Å²) >= 11 is 0. The van der Waals surface area contributed by atoms with E-state index in [4.69, 9.17) is 11.1 Å². The molecule has 0 fully saturated rings. The van der Waals surface area contributed by atoms with Gasteiger partial charge in [-0.2, -0.15) is 0 Å². The number of nitrogens with one attached hydrogen (secondary N) is 5. The third-order valence-electron chi connectivity index (χ3n) is 11.2. The van der Waals surface area contributed by atoms with Gasteiger partial charge in [-0.25, -0.2) is 0 Å². The largest absolute Gasteiger partial charge is 0.507 e. The minimum atomic E-state index is -0.585. The Hall–Kier alpha value is -6.98. The van der Waals surface area contributed by atoms with Crippen molar-refractivity contribution in [3.63, 3.8) is 0 Å². The van der Waals surface area contributed by atoms with Gasteiger partial charge in [0.15, 0.2) is 0 Å². The van der Waals surface area contributed by atoms with Crippen LogP contribution in [0, 0.1) is 5.41 Å². The predicted molar refractivity (Wildman–Crippen MR) is 249 cm³/mol. The van der Waals surface area contributed by atoms with Crippen LogP contribution in [0.1, 0.15) is 102 Å². The van der Waals surface area contributed by atoms with Gasteiger partial charge in [-0.05, 0) is 109 Å². The first-order valence-electron chi connectivity index (χ1n) is 21.3. The highest BCUT2D eigenvalue weighted by Gasteiger charge is 2.39. The zero-order valence-corrected chi connectivity index (χ0v) is 36.7.